The zero-order valence-corrected chi connectivity index (χ0v) is 13.2. The van der Waals surface area contributed by atoms with E-state index in [0.29, 0.717) is 19.7 Å². The summed E-state index contributed by atoms with van der Waals surface area (Å²) in [6.45, 7) is 11.7. The summed E-state index contributed by atoms with van der Waals surface area (Å²) in [4.78, 5) is 0. The molecular formula is C13H29B2NO3. The summed E-state index contributed by atoms with van der Waals surface area (Å²) in [5.74, 6) is 0. The van der Waals surface area contributed by atoms with Crippen LogP contribution in [0.4, 0.5) is 0 Å². The molecule has 0 amide bonds. The van der Waals surface area contributed by atoms with Crippen molar-refractivity contribution in [3.63, 3.8) is 0 Å². The van der Waals surface area contributed by atoms with Gasteiger partial charge in [0.05, 0.1) is 5.60 Å². The second-order valence-corrected chi connectivity index (χ2v) is 5.83. The summed E-state index contributed by atoms with van der Waals surface area (Å²) in [5, 5.41) is 0. The number of hydrogen-bond acceptors (Lipinski definition) is 4. The highest BCUT2D eigenvalue weighted by atomic mass is 16.5. The number of rotatable bonds is 12. The van der Waals surface area contributed by atoms with Crippen molar-refractivity contribution in [1.82, 2.24) is 0 Å². The molecule has 4 nitrogen and oxygen atoms in total. The van der Waals surface area contributed by atoms with E-state index in [0.717, 1.165) is 19.2 Å². The molecule has 0 aliphatic heterocycles. The van der Waals surface area contributed by atoms with Crippen molar-refractivity contribution in [2.45, 2.75) is 65.0 Å². The fourth-order valence-electron chi connectivity index (χ4n) is 1.48. The van der Waals surface area contributed by atoms with Gasteiger partial charge in [0.1, 0.15) is 0 Å². The van der Waals surface area contributed by atoms with E-state index in [2.05, 4.69) is 20.8 Å². The van der Waals surface area contributed by atoms with E-state index in [1.807, 2.05) is 21.3 Å². The topological polar surface area (TPSA) is 53.7 Å². The van der Waals surface area contributed by atoms with Gasteiger partial charge in [-0.1, -0.05) is 13.2 Å². The molecule has 0 fully saturated rings. The Morgan fingerprint density at radius 1 is 0.947 bits per heavy atom. The summed E-state index contributed by atoms with van der Waals surface area (Å²) in [6.07, 6.45) is 3.07. The second kappa shape index (κ2) is 9.81. The molecule has 0 bridgehead atoms. The van der Waals surface area contributed by atoms with Crippen LogP contribution in [0.3, 0.4) is 0 Å². The van der Waals surface area contributed by atoms with Gasteiger partial charge in [-0.05, 0) is 47.0 Å². The van der Waals surface area contributed by atoms with E-state index < -0.39 is 0 Å². The molecule has 0 spiro atoms. The molecule has 19 heavy (non-hydrogen) atoms. The lowest BCUT2D eigenvalue weighted by Crippen LogP contribution is -2.33. The molecule has 0 aromatic heterocycles. The molecule has 0 aromatic rings. The Morgan fingerprint density at radius 3 is 2.16 bits per heavy atom. The minimum atomic E-state index is -0.234. The van der Waals surface area contributed by atoms with Crippen LogP contribution in [0, 0.1) is 0 Å². The van der Waals surface area contributed by atoms with Gasteiger partial charge in [0.15, 0.2) is 0 Å². The van der Waals surface area contributed by atoms with Crippen molar-refractivity contribution >= 4 is 15.0 Å². The van der Waals surface area contributed by atoms with E-state index in [1.165, 1.54) is 0 Å². The van der Waals surface area contributed by atoms with Gasteiger partial charge in [-0.2, -0.15) is 0 Å². The Balaban J connectivity index is 3.77. The predicted molar refractivity (Wildman–Crippen MR) is 81.4 cm³/mol. The van der Waals surface area contributed by atoms with E-state index in [4.69, 9.17) is 19.8 Å². The van der Waals surface area contributed by atoms with Crippen LogP contribution in [0.25, 0.3) is 0 Å². The molecule has 0 rings (SSSR count). The summed E-state index contributed by atoms with van der Waals surface area (Å²) >= 11 is 0. The normalized spacial score (nSPS) is 12.5. The first-order valence-corrected chi connectivity index (χ1v) is 7.10. The van der Waals surface area contributed by atoms with Crippen LogP contribution in [0.5, 0.6) is 0 Å². The highest BCUT2D eigenvalue weighted by Crippen LogP contribution is 2.19. The standard InChI is InChI=1S/C13H29B2NO3/c1-6-14-18-10-8-12(2,3)17-9-7-13(4,5)19-15-11-16/h6-11,16H2,1-5H3. The molecule has 0 unspecified atom stereocenters. The maximum atomic E-state index is 5.91. The SMILES string of the molecule is CC[B]OCCC(C)(C)OCCC(C)(C)O[B]CN. The Bertz CT molecular complexity index is 226. The van der Waals surface area contributed by atoms with E-state index in [-0.39, 0.29) is 11.2 Å². The third-order valence-electron chi connectivity index (χ3n) is 2.80. The van der Waals surface area contributed by atoms with Gasteiger partial charge in [0.2, 0.25) is 0 Å². The lowest BCUT2D eigenvalue weighted by molar-refractivity contribution is -0.0499. The highest BCUT2D eigenvalue weighted by Gasteiger charge is 2.22. The van der Waals surface area contributed by atoms with Crippen LogP contribution in [0.1, 0.15) is 47.5 Å². The monoisotopic (exact) mass is 269 g/mol. The molecule has 2 N–H and O–H groups in total. The number of hydrogen-bond donors (Lipinski definition) is 1. The summed E-state index contributed by atoms with van der Waals surface area (Å²) in [5.41, 5.74) is 4.98. The molecule has 2 radical (unpaired) electrons. The van der Waals surface area contributed by atoms with Crippen molar-refractivity contribution in [3.8, 4) is 0 Å². The second-order valence-electron chi connectivity index (χ2n) is 5.83. The van der Waals surface area contributed by atoms with Crippen LogP contribution in [-0.2, 0) is 14.0 Å². The van der Waals surface area contributed by atoms with Gasteiger partial charge in [-0.3, -0.25) is 0 Å². The Kier molecular flexibility index (Phi) is 9.79. The molecule has 0 atom stereocenters. The summed E-state index contributed by atoms with van der Waals surface area (Å²) < 4.78 is 16.8. The van der Waals surface area contributed by atoms with Crippen molar-refractivity contribution in [1.29, 1.82) is 0 Å². The average molecular weight is 269 g/mol. The van der Waals surface area contributed by atoms with Crippen LogP contribution in [0.15, 0.2) is 0 Å². The smallest absolute Gasteiger partial charge is 0.307 e. The Hall–Kier alpha value is -0.0301. The van der Waals surface area contributed by atoms with Crippen LogP contribution >= 0.6 is 0 Å². The van der Waals surface area contributed by atoms with Crippen molar-refractivity contribution in [3.05, 3.63) is 0 Å². The van der Waals surface area contributed by atoms with Gasteiger partial charge in [0.25, 0.3) is 7.48 Å². The van der Waals surface area contributed by atoms with Crippen molar-refractivity contribution in [2.75, 3.05) is 19.7 Å². The van der Waals surface area contributed by atoms with Gasteiger partial charge < -0.3 is 19.8 Å². The molecule has 0 aliphatic rings. The zero-order chi connectivity index (χ0) is 14.8. The van der Waals surface area contributed by atoms with Crippen LogP contribution < -0.4 is 5.73 Å². The number of ether oxygens (including phenoxy) is 1. The molecular weight excluding hydrogens is 240 g/mol. The van der Waals surface area contributed by atoms with Crippen molar-refractivity contribution < 1.29 is 14.0 Å². The molecule has 110 valence electrons. The first-order chi connectivity index (χ1) is 8.83. The van der Waals surface area contributed by atoms with Crippen LogP contribution in [0.2, 0.25) is 6.32 Å². The molecule has 0 saturated heterocycles. The van der Waals surface area contributed by atoms with Crippen LogP contribution in [-0.4, -0.2) is 45.8 Å². The minimum Gasteiger partial charge on any atom is -0.440 e. The van der Waals surface area contributed by atoms with Gasteiger partial charge in [0, 0.05) is 18.8 Å². The van der Waals surface area contributed by atoms with Gasteiger partial charge in [-0.25, -0.2) is 0 Å². The highest BCUT2D eigenvalue weighted by molar-refractivity contribution is 6.27. The minimum absolute atomic E-state index is 0.171. The maximum Gasteiger partial charge on any atom is 0.307 e. The van der Waals surface area contributed by atoms with Crippen molar-refractivity contribution in [2.24, 2.45) is 5.73 Å². The third-order valence-corrected chi connectivity index (χ3v) is 2.80. The maximum absolute atomic E-state index is 5.91. The molecule has 0 aliphatic carbocycles. The predicted octanol–water partition coefficient (Wildman–Crippen LogP) is 1.97. The lowest BCUT2D eigenvalue weighted by atomic mass is 9.96. The summed E-state index contributed by atoms with van der Waals surface area (Å²) in [6, 6.07) is 0. The lowest BCUT2D eigenvalue weighted by Gasteiger charge is -2.30. The fourth-order valence-corrected chi connectivity index (χ4v) is 1.48. The Labute approximate surface area is 120 Å². The van der Waals surface area contributed by atoms with E-state index in [9.17, 15) is 0 Å². The van der Waals surface area contributed by atoms with E-state index >= 15 is 0 Å². The first kappa shape index (κ1) is 19.0. The molecule has 6 heteroatoms. The quantitative estimate of drug-likeness (QED) is 0.434. The molecule has 0 heterocycles. The largest absolute Gasteiger partial charge is 0.440 e. The molecule has 0 saturated carbocycles. The van der Waals surface area contributed by atoms with E-state index in [1.54, 1.807) is 7.48 Å². The average Bonchev–Trinajstić information content (AvgIpc) is 2.32. The molecule has 0 aromatic carbocycles. The summed E-state index contributed by atoms with van der Waals surface area (Å²) in [7, 11) is 3.47. The van der Waals surface area contributed by atoms with Gasteiger partial charge in [-0.15, -0.1) is 0 Å². The van der Waals surface area contributed by atoms with Gasteiger partial charge >= 0.3 is 7.48 Å². The fraction of sp³-hybridized carbons (Fsp3) is 1.00. The zero-order valence-electron chi connectivity index (χ0n) is 13.2. The Morgan fingerprint density at radius 2 is 1.58 bits per heavy atom. The first-order valence-electron chi connectivity index (χ1n) is 7.10. The number of nitrogens with two attached hydrogens (primary N) is 1. The third kappa shape index (κ3) is 11.5.